The third kappa shape index (κ3) is 4.49. The van der Waals surface area contributed by atoms with Gasteiger partial charge in [0.1, 0.15) is 5.01 Å². The molecule has 1 unspecified atom stereocenters. The van der Waals surface area contributed by atoms with Gasteiger partial charge < -0.3 is 10.6 Å². The van der Waals surface area contributed by atoms with Gasteiger partial charge in [0, 0.05) is 22.9 Å². The number of urea groups is 1. The van der Waals surface area contributed by atoms with Crippen LogP contribution in [0, 0.1) is 6.92 Å². The Morgan fingerprint density at radius 3 is 2.78 bits per heavy atom. The van der Waals surface area contributed by atoms with Gasteiger partial charge in [0.2, 0.25) is 0 Å². The van der Waals surface area contributed by atoms with Gasteiger partial charge in [-0.2, -0.15) is 11.8 Å². The van der Waals surface area contributed by atoms with Crippen molar-refractivity contribution in [2.45, 2.75) is 39.3 Å². The summed E-state index contributed by atoms with van der Waals surface area (Å²) in [7, 11) is 0. The first-order valence-electron chi connectivity index (χ1n) is 5.85. The topological polar surface area (TPSA) is 54.0 Å². The van der Waals surface area contributed by atoms with E-state index in [1.807, 2.05) is 40.1 Å². The molecule has 0 saturated heterocycles. The highest BCUT2D eigenvalue weighted by Gasteiger charge is 2.26. The summed E-state index contributed by atoms with van der Waals surface area (Å²) in [4.78, 5) is 17.3. The summed E-state index contributed by atoms with van der Waals surface area (Å²) in [6, 6.07) is 0.0169. The van der Waals surface area contributed by atoms with E-state index in [4.69, 9.17) is 0 Å². The van der Waals surface area contributed by atoms with Crippen LogP contribution in [-0.4, -0.2) is 29.1 Å². The maximum atomic E-state index is 11.9. The van der Waals surface area contributed by atoms with E-state index in [1.165, 1.54) is 0 Å². The number of nitrogens with zero attached hydrogens (tertiary/aromatic N) is 1. The predicted molar refractivity (Wildman–Crippen MR) is 79.4 cm³/mol. The van der Waals surface area contributed by atoms with Crippen LogP contribution in [-0.2, 0) is 5.54 Å². The van der Waals surface area contributed by atoms with Crippen molar-refractivity contribution in [2.24, 2.45) is 0 Å². The van der Waals surface area contributed by atoms with Gasteiger partial charge in [-0.3, -0.25) is 0 Å². The number of aryl methyl sites for hydroxylation is 1. The first-order valence-corrected chi connectivity index (χ1v) is 8.06. The van der Waals surface area contributed by atoms with Crippen molar-refractivity contribution in [3.63, 3.8) is 0 Å². The number of rotatable bonds is 5. The van der Waals surface area contributed by atoms with Crippen LogP contribution in [0.3, 0.4) is 0 Å². The summed E-state index contributed by atoms with van der Waals surface area (Å²) in [6.07, 6.45) is 3.86. The second-order valence-corrected chi connectivity index (χ2v) is 7.00. The summed E-state index contributed by atoms with van der Waals surface area (Å²) < 4.78 is 0. The normalized spacial score (nSPS) is 13.2. The molecule has 0 spiro atoms. The lowest BCUT2D eigenvalue weighted by atomic mass is 10.1. The molecule has 0 aromatic carbocycles. The largest absolute Gasteiger partial charge is 0.335 e. The molecule has 1 heterocycles. The van der Waals surface area contributed by atoms with E-state index in [1.54, 1.807) is 23.1 Å². The number of thiazole rings is 1. The highest BCUT2D eigenvalue weighted by atomic mass is 32.2. The van der Waals surface area contributed by atoms with Gasteiger partial charge >= 0.3 is 6.03 Å². The monoisotopic (exact) mass is 287 g/mol. The number of carbonyl (C=O) groups excluding carboxylic acids is 1. The number of nitrogens with one attached hydrogen (secondary N) is 2. The maximum Gasteiger partial charge on any atom is 0.315 e. The first kappa shape index (κ1) is 15.3. The van der Waals surface area contributed by atoms with Crippen molar-refractivity contribution in [1.82, 2.24) is 15.6 Å². The molecule has 4 nitrogen and oxygen atoms in total. The van der Waals surface area contributed by atoms with Crippen LogP contribution in [0.2, 0.25) is 0 Å². The van der Waals surface area contributed by atoms with Crippen LogP contribution < -0.4 is 10.6 Å². The number of hydrogen-bond acceptors (Lipinski definition) is 4. The Bertz CT molecular complexity index is 404. The quantitative estimate of drug-likeness (QED) is 0.875. The van der Waals surface area contributed by atoms with Crippen LogP contribution >= 0.6 is 23.1 Å². The van der Waals surface area contributed by atoms with Crippen LogP contribution in [0.25, 0.3) is 0 Å². The van der Waals surface area contributed by atoms with Crippen molar-refractivity contribution in [3.05, 3.63) is 16.1 Å². The Morgan fingerprint density at radius 1 is 1.61 bits per heavy atom. The Morgan fingerprint density at radius 2 is 2.28 bits per heavy atom. The first-order chi connectivity index (χ1) is 8.35. The van der Waals surface area contributed by atoms with Crippen LogP contribution in [0.5, 0.6) is 0 Å². The lowest BCUT2D eigenvalue weighted by molar-refractivity contribution is 0.227. The molecule has 0 aliphatic carbocycles. The molecule has 0 aliphatic heterocycles. The number of amides is 2. The lowest BCUT2D eigenvalue weighted by Gasteiger charge is -2.25. The number of aromatic nitrogens is 1. The van der Waals surface area contributed by atoms with Crippen LogP contribution in [0.4, 0.5) is 4.79 Å². The van der Waals surface area contributed by atoms with Crippen LogP contribution in [0.1, 0.15) is 30.7 Å². The minimum atomic E-state index is -0.442. The predicted octanol–water partition coefficient (Wildman–Crippen LogP) is 2.74. The zero-order chi connectivity index (χ0) is 13.8. The van der Waals surface area contributed by atoms with E-state index in [-0.39, 0.29) is 12.1 Å². The van der Waals surface area contributed by atoms with Gasteiger partial charge in [-0.15, -0.1) is 11.3 Å². The highest BCUT2D eigenvalue weighted by Crippen LogP contribution is 2.24. The fraction of sp³-hybridized carbons (Fsp3) is 0.667. The average molecular weight is 287 g/mol. The molecule has 1 aromatic rings. The Labute approximate surface area is 117 Å². The summed E-state index contributed by atoms with van der Waals surface area (Å²) in [5.74, 6) is 0.907. The van der Waals surface area contributed by atoms with Gasteiger partial charge in [-0.05, 0) is 34.0 Å². The van der Waals surface area contributed by atoms with Gasteiger partial charge in [-0.25, -0.2) is 9.78 Å². The third-order valence-corrected chi connectivity index (χ3v) is 4.45. The fourth-order valence-electron chi connectivity index (χ4n) is 1.53. The summed E-state index contributed by atoms with van der Waals surface area (Å²) >= 11 is 3.32. The average Bonchev–Trinajstić information content (AvgIpc) is 2.64. The fourth-order valence-corrected chi connectivity index (χ4v) is 2.94. The van der Waals surface area contributed by atoms with E-state index in [0.29, 0.717) is 0 Å². The molecule has 6 heteroatoms. The lowest BCUT2D eigenvalue weighted by Crippen LogP contribution is -2.49. The number of carbonyl (C=O) groups is 1. The highest BCUT2D eigenvalue weighted by molar-refractivity contribution is 7.98. The second-order valence-electron chi connectivity index (χ2n) is 4.86. The van der Waals surface area contributed by atoms with Gasteiger partial charge in [0.05, 0.1) is 5.54 Å². The van der Waals surface area contributed by atoms with E-state index < -0.39 is 5.54 Å². The van der Waals surface area contributed by atoms with Crippen molar-refractivity contribution in [1.29, 1.82) is 0 Å². The molecule has 1 aromatic heterocycles. The van der Waals surface area contributed by atoms with Crippen molar-refractivity contribution >= 4 is 29.1 Å². The molecule has 2 N–H and O–H groups in total. The molecule has 0 aliphatic rings. The molecule has 0 bridgehead atoms. The number of thioether (sulfide) groups is 1. The minimum absolute atomic E-state index is 0.144. The van der Waals surface area contributed by atoms with Crippen molar-refractivity contribution in [3.8, 4) is 0 Å². The van der Waals surface area contributed by atoms with Crippen LogP contribution in [0.15, 0.2) is 6.20 Å². The summed E-state index contributed by atoms with van der Waals surface area (Å²) in [5.41, 5.74) is -0.442. The molecular weight excluding hydrogens is 266 g/mol. The molecule has 0 radical (unpaired) electrons. The maximum absolute atomic E-state index is 11.9. The standard InChI is InChI=1S/C12H21N3OS2/c1-8(7-17-5)14-11(16)15-12(3,4)10-13-6-9(2)18-10/h6,8H,7H2,1-5H3,(H2,14,15,16). The third-order valence-electron chi connectivity index (χ3n) is 2.38. The molecule has 0 saturated carbocycles. The second kappa shape index (κ2) is 6.43. The zero-order valence-corrected chi connectivity index (χ0v) is 13.2. The van der Waals surface area contributed by atoms with Crippen molar-refractivity contribution in [2.75, 3.05) is 12.0 Å². The summed E-state index contributed by atoms with van der Waals surface area (Å²) in [5, 5.41) is 6.81. The molecule has 2 amide bonds. The Balaban J connectivity index is 2.57. The Hall–Kier alpha value is -0.750. The Kier molecular flexibility index (Phi) is 5.47. The van der Waals surface area contributed by atoms with E-state index in [2.05, 4.69) is 15.6 Å². The van der Waals surface area contributed by atoms with Gasteiger partial charge in [0.25, 0.3) is 0 Å². The molecule has 1 rings (SSSR count). The molecule has 0 fully saturated rings. The molecule has 18 heavy (non-hydrogen) atoms. The van der Waals surface area contributed by atoms with Gasteiger partial charge in [-0.1, -0.05) is 0 Å². The van der Waals surface area contributed by atoms with Crippen molar-refractivity contribution < 1.29 is 4.79 Å². The van der Waals surface area contributed by atoms with Gasteiger partial charge in [0.15, 0.2) is 0 Å². The smallest absolute Gasteiger partial charge is 0.315 e. The zero-order valence-electron chi connectivity index (χ0n) is 11.5. The molecule has 1 atom stereocenters. The number of hydrogen-bond donors (Lipinski definition) is 2. The van der Waals surface area contributed by atoms with E-state index >= 15 is 0 Å². The molecule has 102 valence electrons. The SMILES string of the molecule is CSCC(C)NC(=O)NC(C)(C)c1ncc(C)s1. The van der Waals surface area contributed by atoms with E-state index in [9.17, 15) is 4.79 Å². The van der Waals surface area contributed by atoms with E-state index in [0.717, 1.165) is 15.6 Å². The minimum Gasteiger partial charge on any atom is -0.335 e. The molecular formula is C12H21N3OS2. The summed E-state index contributed by atoms with van der Waals surface area (Å²) in [6.45, 7) is 7.93.